The molecule has 1 aromatic rings. The Morgan fingerprint density at radius 3 is 2.48 bits per heavy atom. The zero-order chi connectivity index (χ0) is 16.0. The summed E-state index contributed by atoms with van der Waals surface area (Å²) in [6.07, 6.45) is 3.39. The van der Waals surface area contributed by atoms with Gasteiger partial charge in [-0.05, 0) is 54.0 Å². The lowest BCUT2D eigenvalue weighted by Crippen LogP contribution is -2.30. The SMILES string of the molecule is CCc1cc(N)c(CC)c(S(=O)(=O)NCC(C)CSC)c1. The molecule has 0 aliphatic rings. The van der Waals surface area contributed by atoms with Crippen LogP contribution in [0.25, 0.3) is 0 Å². The van der Waals surface area contributed by atoms with Gasteiger partial charge in [0.2, 0.25) is 10.0 Å². The molecule has 0 aromatic heterocycles. The maximum absolute atomic E-state index is 12.6. The number of rotatable bonds is 8. The molecule has 1 unspecified atom stereocenters. The first kappa shape index (κ1) is 18.3. The van der Waals surface area contributed by atoms with Crippen LogP contribution in [-0.4, -0.2) is 27.0 Å². The van der Waals surface area contributed by atoms with Crippen LogP contribution in [0.15, 0.2) is 17.0 Å². The second kappa shape index (κ2) is 8.06. The molecule has 0 heterocycles. The minimum atomic E-state index is -3.51. The van der Waals surface area contributed by atoms with Crippen LogP contribution in [0.3, 0.4) is 0 Å². The summed E-state index contributed by atoms with van der Waals surface area (Å²) in [5, 5.41) is 0. The van der Waals surface area contributed by atoms with E-state index in [2.05, 4.69) is 4.72 Å². The van der Waals surface area contributed by atoms with Gasteiger partial charge < -0.3 is 5.73 Å². The van der Waals surface area contributed by atoms with E-state index < -0.39 is 10.0 Å². The van der Waals surface area contributed by atoms with Gasteiger partial charge in [-0.15, -0.1) is 0 Å². The van der Waals surface area contributed by atoms with Crippen LogP contribution in [0.4, 0.5) is 5.69 Å². The lowest BCUT2D eigenvalue weighted by atomic mass is 10.1. The number of sulfonamides is 1. The van der Waals surface area contributed by atoms with Crippen molar-refractivity contribution in [1.29, 1.82) is 0 Å². The Bertz CT molecular complexity index is 571. The van der Waals surface area contributed by atoms with Crippen molar-refractivity contribution < 1.29 is 8.42 Å². The van der Waals surface area contributed by atoms with E-state index in [1.807, 2.05) is 33.1 Å². The van der Waals surface area contributed by atoms with E-state index in [1.54, 1.807) is 17.8 Å². The molecule has 1 rings (SSSR count). The Hall–Kier alpha value is -0.720. The highest BCUT2D eigenvalue weighted by Gasteiger charge is 2.21. The topological polar surface area (TPSA) is 72.2 Å². The molecular weight excluding hydrogens is 304 g/mol. The molecule has 0 radical (unpaired) electrons. The zero-order valence-electron chi connectivity index (χ0n) is 13.3. The van der Waals surface area contributed by atoms with Crippen molar-refractivity contribution in [3.63, 3.8) is 0 Å². The summed E-state index contributed by atoms with van der Waals surface area (Å²) in [6.45, 7) is 6.40. The predicted octanol–water partition coefficient (Wildman–Crippen LogP) is 2.67. The largest absolute Gasteiger partial charge is 0.398 e. The lowest BCUT2D eigenvalue weighted by Gasteiger charge is -2.16. The monoisotopic (exact) mass is 330 g/mol. The minimum absolute atomic E-state index is 0.298. The van der Waals surface area contributed by atoms with Crippen LogP contribution in [0.2, 0.25) is 0 Å². The van der Waals surface area contributed by atoms with E-state index in [4.69, 9.17) is 5.73 Å². The number of aryl methyl sites for hydroxylation is 1. The Morgan fingerprint density at radius 1 is 1.29 bits per heavy atom. The summed E-state index contributed by atoms with van der Waals surface area (Å²) in [5.41, 5.74) is 8.23. The fourth-order valence-corrected chi connectivity index (χ4v) is 4.46. The zero-order valence-corrected chi connectivity index (χ0v) is 14.9. The number of nitrogens with two attached hydrogens (primary N) is 1. The van der Waals surface area contributed by atoms with Gasteiger partial charge in [0.05, 0.1) is 4.90 Å². The smallest absolute Gasteiger partial charge is 0.240 e. The van der Waals surface area contributed by atoms with E-state index in [1.165, 1.54) is 0 Å². The molecule has 6 heteroatoms. The molecule has 21 heavy (non-hydrogen) atoms. The third kappa shape index (κ3) is 4.90. The normalized spacial score (nSPS) is 13.3. The average molecular weight is 331 g/mol. The molecule has 0 saturated carbocycles. The number of anilines is 1. The van der Waals surface area contributed by atoms with Crippen molar-refractivity contribution in [2.24, 2.45) is 5.92 Å². The van der Waals surface area contributed by atoms with Crippen LogP contribution < -0.4 is 10.5 Å². The first-order valence-corrected chi connectivity index (χ1v) is 10.1. The fourth-order valence-electron chi connectivity index (χ4n) is 2.22. The van der Waals surface area contributed by atoms with Crippen molar-refractivity contribution >= 4 is 27.5 Å². The number of nitrogens with one attached hydrogen (secondary N) is 1. The molecule has 3 N–H and O–H groups in total. The molecule has 0 spiro atoms. The number of benzene rings is 1. The minimum Gasteiger partial charge on any atom is -0.398 e. The first-order chi connectivity index (χ1) is 9.85. The van der Waals surface area contributed by atoms with Crippen molar-refractivity contribution in [2.75, 3.05) is 24.3 Å². The Kier molecular flexibility index (Phi) is 7.03. The van der Waals surface area contributed by atoms with Gasteiger partial charge in [0.15, 0.2) is 0 Å². The highest BCUT2D eigenvalue weighted by atomic mass is 32.2. The standard InChI is InChI=1S/C15H26N2O2S2/c1-5-12-7-14(16)13(6-2)15(8-12)21(18,19)17-9-11(3)10-20-4/h7-8,11,17H,5-6,9-10,16H2,1-4H3. The molecule has 0 amide bonds. The molecule has 4 nitrogen and oxygen atoms in total. The Labute approximate surface area is 132 Å². The molecular formula is C15H26N2O2S2. The Balaban J connectivity index is 3.09. The summed E-state index contributed by atoms with van der Waals surface area (Å²) in [7, 11) is -3.51. The number of nitrogen functional groups attached to an aromatic ring is 1. The van der Waals surface area contributed by atoms with E-state index in [-0.39, 0.29) is 0 Å². The molecule has 0 aliphatic heterocycles. The lowest BCUT2D eigenvalue weighted by molar-refractivity contribution is 0.561. The number of thioether (sulfide) groups is 1. The van der Waals surface area contributed by atoms with Crippen molar-refractivity contribution in [1.82, 2.24) is 4.72 Å². The highest BCUT2D eigenvalue weighted by Crippen LogP contribution is 2.25. The quantitative estimate of drug-likeness (QED) is 0.719. The van der Waals surface area contributed by atoms with E-state index in [0.717, 1.165) is 17.7 Å². The highest BCUT2D eigenvalue weighted by molar-refractivity contribution is 7.98. The van der Waals surface area contributed by atoms with Crippen molar-refractivity contribution in [3.05, 3.63) is 23.3 Å². The molecule has 0 fully saturated rings. The maximum atomic E-state index is 12.6. The van der Waals surface area contributed by atoms with Crippen LogP contribution in [0, 0.1) is 5.92 Å². The van der Waals surface area contributed by atoms with Gasteiger partial charge in [-0.3, -0.25) is 0 Å². The second-order valence-corrected chi connectivity index (χ2v) is 7.93. The summed E-state index contributed by atoms with van der Waals surface area (Å²) in [4.78, 5) is 0.332. The van der Waals surface area contributed by atoms with Crippen LogP contribution in [0.5, 0.6) is 0 Å². The van der Waals surface area contributed by atoms with E-state index >= 15 is 0 Å². The van der Waals surface area contributed by atoms with Crippen molar-refractivity contribution in [2.45, 2.75) is 38.5 Å². The van der Waals surface area contributed by atoms with Gasteiger partial charge >= 0.3 is 0 Å². The summed E-state index contributed by atoms with van der Waals surface area (Å²) in [5.74, 6) is 1.23. The molecule has 0 saturated heterocycles. The third-order valence-electron chi connectivity index (χ3n) is 3.43. The van der Waals surface area contributed by atoms with Crippen LogP contribution >= 0.6 is 11.8 Å². The molecule has 120 valence electrons. The van der Waals surface area contributed by atoms with Gasteiger partial charge in [-0.1, -0.05) is 20.8 Å². The van der Waals surface area contributed by atoms with E-state index in [9.17, 15) is 8.42 Å². The van der Waals surface area contributed by atoms with Gasteiger partial charge in [-0.2, -0.15) is 11.8 Å². The number of hydrogen-bond acceptors (Lipinski definition) is 4. The third-order valence-corrected chi connectivity index (χ3v) is 5.82. The fraction of sp³-hybridized carbons (Fsp3) is 0.600. The molecule has 1 atom stereocenters. The molecule has 0 bridgehead atoms. The molecule has 0 aliphatic carbocycles. The second-order valence-electron chi connectivity index (χ2n) is 5.28. The molecule has 1 aromatic carbocycles. The van der Waals surface area contributed by atoms with Crippen LogP contribution in [-0.2, 0) is 22.9 Å². The van der Waals surface area contributed by atoms with E-state index in [0.29, 0.717) is 35.0 Å². The van der Waals surface area contributed by atoms with Gasteiger partial charge in [-0.25, -0.2) is 13.1 Å². The van der Waals surface area contributed by atoms with Gasteiger partial charge in [0, 0.05) is 12.2 Å². The predicted molar refractivity (Wildman–Crippen MR) is 92.3 cm³/mol. The first-order valence-electron chi connectivity index (χ1n) is 7.25. The number of hydrogen-bond donors (Lipinski definition) is 2. The summed E-state index contributed by atoms with van der Waals surface area (Å²) >= 11 is 1.72. The van der Waals surface area contributed by atoms with Crippen molar-refractivity contribution in [3.8, 4) is 0 Å². The average Bonchev–Trinajstić information content (AvgIpc) is 2.44. The van der Waals surface area contributed by atoms with Gasteiger partial charge in [0.1, 0.15) is 0 Å². The summed E-state index contributed by atoms with van der Waals surface area (Å²) < 4.78 is 27.9. The van der Waals surface area contributed by atoms with Gasteiger partial charge in [0.25, 0.3) is 0 Å². The maximum Gasteiger partial charge on any atom is 0.240 e. The Morgan fingerprint density at radius 2 is 1.95 bits per heavy atom. The summed E-state index contributed by atoms with van der Waals surface area (Å²) in [6, 6.07) is 3.62. The van der Waals surface area contributed by atoms with Crippen LogP contribution in [0.1, 0.15) is 31.9 Å².